The molecule has 1 aromatic rings. The standard InChI is InChI=1S/C12H15NO4S/c14-12(15)6-3-9-18(16,17)13-8-7-10-4-1-2-5-11(10)13/h1-2,4-5H,3,6-9H2,(H,14,15). The number of benzene rings is 1. The van der Waals surface area contributed by atoms with E-state index in [0.29, 0.717) is 13.0 Å². The summed E-state index contributed by atoms with van der Waals surface area (Å²) in [5.74, 6) is -1.08. The number of hydrogen-bond acceptors (Lipinski definition) is 3. The Hall–Kier alpha value is -1.56. The number of carboxylic acids is 1. The largest absolute Gasteiger partial charge is 0.481 e. The molecule has 0 aromatic heterocycles. The maximum Gasteiger partial charge on any atom is 0.303 e. The quantitative estimate of drug-likeness (QED) is 0.872. The van der Waals surface area contributed by atoms with E-state index in [4.69, 9.17) is 5.11 Å². The van der Waals surface area contributed by atoms with Crippen molar-refractivity contribution in [1.29, 1.82) is 0 Å². The second-order valence-electron chi connectivity index (χ2n) is 4.26. The number of nitrogens with zero attached hydrogens (tertiary/aromatic N) is 1. The third-order valence-electron chi connectivity index (χ3n) is 2.97. The lowest BCUT2D eigenvalue weighted by molar-refractivity contribution is -0.137. The first-order valence-corrected chi connectivity index (χ1v) is 7.42. The van der Waals surface area contributed by atoms with Gasteiger partial charge in [-0.1, -0.05) is 18.2 Å². The molecule has 1 N–H and O–H groups in total. The molecule has 98 valence electrons. The lowest BCUT2D eigenvalue weighted by Gasteiger charge is -2.19. The van der Waals surface area contributed by atoms with Crippen LogP contribution in [0.2, 0.25) is 0 Å². The van der Waals surface area contributed by atoms with Crippen LogP contribution in [0.1, 0.15) is 18.4 Å². The van der Waals surface area contributed by atoms with Crippen molar-refractivity contribution in [2.75, 3.05) is 16.6 Å². The fraction of sp³-hybridized carbons (Fsp3) is 0.417. The topological polar surface area (TPSA) is 74.7 Å². The first kappa shape index (κ1) is 12.9. The maximum atomic E-state index is 12.1. The molecule has 1 aliphatic rings. The zero-order chi connectivity index (χ0) is 13.2. The van der Waals surface area contributed by atoms with Gasteiger partial charge in [0.25, 0.3) is 0 Å². The van der Waals surface area contributed by atoms with Crippen LogP contribution in [0.15, 0.2) is 24.3 Å². The highest BCUT2D eigenvalue weighted by Crippen LogP contribution is 2.30. The van der Waals surface area contributed by atoms with E-state index in [1.165, 1.54) is 4.31 Å². The minimum atomic E-state index is -3.40. The van der Waals surface area contributed by atoms with Crippen molar-refractivity contribution >= 4 is 21.7 Å². The second kappa shape index (κ2) is 4.97. The molecule has 0 spiro atoms. The van der Waals surface area contributed by atoms with Crippen LogP contribution >= 0.6 is 0 Å². The van der Waals surface area contributed by atoms with Crippen molar-refractivity contribution in [1.82, 2.24) is 0 Å². The summed E-state index contributed by atoms with van der Waals surface area (Å²) in [6.07, 6.45) is 0.749. The van der Waals surface area contributed by atoms with Gasteiger partial charge >= 0.3 is 5.97 Å². The molecular weight excluding hydrogens is 254 g/mol. The summed E-state index contributed by atoms with van der Waals surface area (Å²) in [4.78, 5) is 10.4. The van der Waals surface area contributed by atoms with Gasteiger partial charge in [0, 0.05) is 13.0 Å². The molecular formula is C12H15NO4S. The Kier molecular flexibility index (Phi) is 3.56. The molecule has 2 rings (SSSR count). The van der Waals surface area contributed by atoms with Gasteiger partial charge in [-0.3, -0.25) is 9.10 Å². The van der Waals surface area contributed by atoms with Gasteiger partial charge in [0.05, 0.1) is 11.4 Å². The summed E-state index contributed by atoms with van der Waals surface area (Å²) in [5.41, 5.74) is 1.76. The molecule has 1 aromatic carbocycles. The number of rotatable bonds is 5. The van der Waals surface area contributed by atoms with E-state index in [2.05, 4.69) is 0 Å². The molecule has 0 bridgehead atoms. The van der Waals surface area contributed by atoms with Gasteiger partial charge in [0.1, 0.15) is 0 Å². The molecule has 0 aliphatic carbocycles. The molecule has 0 saturated carbocycles. The van der Waals surface area contributed by atoms with Gasteiger partial charge in [0.15, 0.2) is 0 Å². The van der Waals surface area contributed by atoms with Crippen molar-refractivity contribution in [2.45, 2.75) is 19.3 Å². The molecule has 6 heteroatoms. The first-order valence-electron chi connectivity index (χ1n) is 5.81. The number of fused-ring (bicyclic) bond motifs is 1. The van der Waals surface area contributed by atoms with Crippen molar-refractivity contribution in [3.05, 3.63) is 29.8 Å². The van der Waals surface area contributed by atoms with Gasteiger partial charge in [-0.15, -0.1) is 0 Å². The second-order valence-corrected chi connectivity index (χ2v) is 6.28. The van der Waals surface area contributed by atoms with E-state index < -0.39 is 16.0 Å². The molecule has 0 atom stereocenters. The number of hydrogen-bond donors (Lipinski definition) is 1. The number of carboxylic acid groups (broad SMARTS) is 1. The molecule has 5 nitrogen and oxygen atoms in total. The number of aliphatic carboxylic acids is 1. The Labute approximate surface area is 106 Å². The van der Waals surface area contributed by atoms with E-state index in [0.717, 1.165) is 11.3 Å². The van der Waals surface area contributed by atoms with Crippen LogP contribution in [0.25, 0.3) is 0 Å². The SMILES string of the molecule is O=C(O)CCCS(=O)(=O)N1CCc2ccccc21. The van der Waals surface area contributed by atoms with Gasteiger partial charge in [-0.25, -0.2) is 8.42 Å². The predicted molar refractivity (Wildman–Crippen MR) is 68.1 cm³/mol. The van der Waals surface area contributed by atoms with E-state index in [1.54, 1.807) is 6.07 Å². The van der Waals surface area contributed by atoms with Crippen LogP contribution in [0.5, 0.6) is 0 Å². The lowest BCUT2D eigenvalue weighted by atomic mass is 10.2. The summed E-state index contributed by atoms with van der Waals surface area (Å²) in [6.45, 7) is 0.453. The third kappa shape index (κ3) is 2.64. The fourth-order valence-corrected chi connectivity index (χ4v) is 3.69. The van der Waals surface area contributed by atoms with Gasteiger partial charge in [-0.05, 0) is 24.5 Å². The highest BCUT2D eigenvalue weighted by atomic mass is 32.2. The maximum absolute atomic E-state index is 12.1. The Bertz CT molecular complexity index is 553. The van der Waals surface area contributed by atoms with Crippen LogP contribution in [-0.4, -0.2) is 31.8 Å². The summed E-state index contributed by atoms with van der Waals surface area (Å²) in [6, 6.07) is 7.41. The van der Waals surface area contributed by atoms with Crippen LogP contribution in [0.3, 0.4) is 0 Å². The van der Waals surface area contributed by atoms with Gasteiger partial charge in [-0.2, -0.15) is 0 Å². The zero-order valence-electron chi connectivity index (χ0n) is 9.87. The Morgan fingerprint density at radius 3 is 2.78 bits per heavy atom. The van der Waals surface area contributed by atoms with Crippen LogP contribution in [0.4, 0.5) is 5.69 Å². The third-order valence-corrected chi connectivity index (χ3v) is 4.83. The van der Waals surface area contributed by atoms with E-state index in [1.807, 2.05) is 18.2 Å². The number of para-hydroxylation sites is 1. The highest BCUT2D eigenvalue weighted by molar-refractivity contribution is 7.92. The highest BCUT2D eigenvalue weighted by Gasteiger charge is 2.28. The van der Waals surface area contributed by atoms with Crippen LogP contribution < -0.4 is 4.31 Å². The first-order chi connectivity index (χ1) is 8.50. The van der Waals surface area contributed by atoms with Crippen LogP contribution in [-0.2, 0) is 21.2 Å². The molecule has 18 heavy (non-hydrogen) atoms. The molecule has 0 unspecified atom stereocenters. The smallest absolute Gasteiger partial charge is 0.303 e. The molecule has 1 heterocycles. The van der Waals surface area contributed by atoms with Crippen molar-refractivity contribution in [3.63, 3.8) is 0 Å². The fourth-order valence-electron chi connectivity index (χ4n) is 2.11. The van der Waals surface area contributed by atoms with Crippen molar-refractivity contribution in [3.8, 4) is 0 Å². The summed E-state index contributed by atoms with van der Waals surface area (Å²) < 4.78 is 25.6. The molecule has 1 aliphatic heterocycles. The minimum Gasteiger partial charge on any atom is -0.481 e. The Morgan fingerprint density at radius 2 is 2.06 bits per heavy atom. The monoisotopic (exact) mass is 269 g/mol. The van der Waals surface area contributed by atoms with E-state index in [9.17, 15) is 13.2 Å². The minimum absolute atomic E-state index is 0.116. The van der Waals surface area contributed by atoms with Crippen molar-refractivity contribution < 1.29 is 18.3 Å². The average Bonchev–Trinajstić information content (AvgIpc) is 2.72. The lowest BCUT2D eigenvalue weighted by Crippen LogP contribution is -2.31. The molecule has 0 saturated heterocycles. The summed E-state index contributed by atoms with van der Waals surface area (Å²) >= 11 is 0. The van der Waals surface area contributed by atoms with Gasteiger partial charge in [0.2, 0.25) is 10.0 Å². The molecule has 0 radical (unpaired) electrons. The summed E-state index contributed by atoms with van der Waals surface area (Å²) in [7, 11) is -3.40. The normalized spacial score (nSPS) is 14.6. The van der Waals surface area contributed by atoms with E-state index in [-0.39, 0.29) is 18.6 Å². The predicted octanol–water partition coefficient (Wildman–Crippen LogP) is 1.24. The molecule has 0 amide bonds. The van der Waals surface area contributed by atoms with E-state index >= 15 is 0 Å². The Morgan fingerprint density at radius 1 is 1.33 bits per heavy atom. The van der Waals surface area contributed by atoms with Crippen LogP contribution in [0, 0.1) is 0 Å². The molecule has 0 fully saturated rings. The number of anilines is 1. The number of sulfonamides is 1. The number of carbonyl (C=O) groups is 1. The Balaban J connectivity index is 2.10. The van der Waals surface area contributed by atoms with Crippen molar-refractivity contribution in [2.24, 2.45) is 0 Å². The average molecular weight is 269 g/mol. The van der Waals surface area contributed by atoms with Gasteiger partial charge < -0.3 is 5.11 Å². The zero-order valence-corrected chi connectivity index (χ0v) is 10.7. The summed E-state index contributed by atoms with van der Waals surface area (Å²) in [5, 5.41) is 8.53.